The number of carboxylic acids is 1. The van der Waals surface area contributed by atoms with Crippen LogP contribution >= 0.6 is 11.6 Å². The average molecular weight is 285 g/mol. The summed E-state index contributed by atoms with van der Waals surface area (Å²) in [5.74, 6) is -0.973. The maximum Gasteiger partial charge on any atom is 0.319 e. The molecule has 3 N–H and O–H groups in total. The molecular formula is C13H17ClN2O3. The highest BCUT2D eigenvalue weighted by molar-refractivity contribution is 6.33. The molecule has 0 atom stereocenters. The van der Waals surface area contributed by atoms with Crippen molar-refractivity contribution in [3.8, 4) is 0 Å². The predicted molar refractivity (Wildman–Crippen MR) is 74.7 cm³/mol. The highest BCUT2D eigenvalue weighted by Crippen LogP contribution is 2.22. The van der Waals surface area contributed by atoms with Gasteiger partial charge in [0.25, 0.3) is 0 Å². The van der Waals surface area contributed by atoms with Crippen molar-refractivity contribution in [3.05, 3.63) is 28.8 Å². The first-order valence-electron chi connectivity index (χ1n) is 5.77. The van der Waals surface area contributed by atoms with Gasteiger partial charge in [0.2, 0.25) is 0 Å². The fourth-order valence-electron chi connectivity index (χ4n) is 1.62. The van der Waals surface area contributed by atoms with E-state index in [1.54, 1.807) is 26.0 Å². The number of nitrogens with one attached hydrogen (secondary N) is 2. The number of hydrogen-bond acceptors (Lipinski definition) is 2. The Bertz CT molecular complexity index is 501. The molecular weight excluding hydrogens is 268 g/mol. The van der Waals surface area contributed by atoms with Gasteiger partial charge >= 0.3 is 12.0 Å². The van der Waals surface area contributed by atoms with E-state index < -0.39 is 17.5 Å². The zero-order chi connectivity index (χ0) is 14.6. The first kappa shape index (κ1) is 15.3. The molecule has 104 valence electrons. The lowest BCUT2D eigenvalue weighted by Crippen LogP contribution is -2.46. The van der Waals surface area contributed by atoms with Crippen LogP contribution in [0.2, 0.25) is 5.02 Å². The average Bonchev–Trinajstić information content (AvgIpc) is 2.20. The second kappa shape index (κ2) is 5.93. The molecule has 19 heavy (non-hydrogen) atoms. The van der Waals surface area contributed by atoms with E-state index in [0.29, 0.717) is 10.7 Å². The maximum atomic E-state index is 11.8. The number of urea groups is 1. The molecule has 0 radical (unpaired) electrons. The Morgan fingerprint density at radius 2 is 2.00 bits per heavy atom. The molecule has 0 aliphatic carbocycles. The lowest BCUT2D eigenvalue weighted by molar-refractivity contribution is -0.138. The highest BCUT2D eigenvalue weighted by Gasteiger charge is 2.24. The quantitative estimate of drug-likeness (QED) is 0.795. The summed E-state index contributed by atoms with van der Waals surface area (Å²) in [6.45, 7) is 5.16. The van der Waals surface area contributed by atoms with Crippen molar-refractivity contribution in [1.82, 2.24) is 5.32 Å². The summed E-state index contributed by atoms with van der Waals surface area (Å²) in [4.78, 5) is 22.5. The monoisotopic (exact) mass is 284 g/mol. The molecule has 0 heterocycles. The summed E-state index contributed by atoms with van der Waals surface area (Å²) in [6.07, 6.45) is -0.165. The third-order valence-corrected chi connectivity index (χ3v) is 2.74. The fraction of sp³-hybridized carbons (Fsp3) is 0.385. The summed E-state index contributed by atoms with van der Waals surface area (Å²) in [6, 6.07) is 4.78. The van der Waals surface area contributed by atoms with Gasteiger partial charge < -0.3 is 15.7 Å². The molecule has 0 aliphatic rings. The van der Waals surface area contributed by atoms with Gasteiger partial charge in [0.1, 0.15) is 0 Å². The topological polar surface area (TPSA) is 78.4 Å². The van der Waals surface area contributed by atoms with Crippen molar-refractivity contribution in [3.63, 3.8) is 0 Å². The van der Waals surface area contributed by atoms with Crippen molar-refractivity contribution in [1.29, 1.82) is 0 Å². The van der Waals surface area contributed by atoms with Crippen LogP contribution in [0.15, 0.2) is 18.2 Å². The van der Waals surface area contributed by atoms with E-state index in [9.17, 15) is 9.59 Å². The first-order chi connectivity index (χ1) is 8.69. The minimum Gasteiger partial charge on any atom is -0.481 e. The Kier molecular flexibility index (Phi) is 4.78. The number of aryl methyl sites for hydroxylation is 1. The third-order valence-electron chi connectivity index (χ3n) is 2.42. The molecule has 0 aromatic heterocycles. The van der Waals surface area contributed by atoms with E-state index in [4.69, 9.17) is 16.7 Å². The van der Waals surface area contributed by atoms with E-state index in [-0.39, 0.29) is 6.42 Å². The van der Waals surface area contributed by atoms with Crippen molar-refractivity contribution in [2.24, 2.45) is 0 Å². The molecule has 2 amide bonds. The molecule has 6 heteroatoms. The number of carbonyl (C=O) groups is 2. The number of rotatable bonds is 4. The van der Waals surface area contributed by atoms with Crippen LogP contribution in [0.25, 0.3) is 0 Å². The molecule has 0 saturated heterocycles. The SMILES string of the molecule is Cc1ccc(Cl)c(NC(=O)NC(C)(C)CC(=O)O)c1. The molecule has 1 aromatic carbocycles. The van der Waals surface area contributed by atoms with Crippen molar-refractivity contribution >= 4 is 29.3 Å². The number of carboxylic acid groups (broad SMARTS) is 1. The second-order valence-electron chi connectivity index (χ2n) is 5.02. The van der Waals surface area contributed by atoms with Crippen LogP contribution < -0.4 is 10.6 Å². The van der Waals surface area contributed by atoms with Crippen molar-refractivity contribution in [2.75, 3.05) is 5.32 Å². The smallest absolute Gasteiger partial charge is 0.319 e. The van der Waals surface area contributed by atoms with E-state index in [1.807, 2.05) is 13.0 Å². The van der Waals surface area contributed by atoms with Gasteiger partial charge in [-0.15, -0.1) is 0 Å². The Balaban J connectivity index is 2.70. The van der Waals surface area contributed by atoms with E-state index in [0.717, 1.165) is 5.56 Å². The Morgan fingerprint density at radius 3 is 2.58 bits per heavy atom. The van der Waals surface area contributed by atoms with Gasteiger partial charge in [-0.1, -0.05) is 17.7 Å². The maximum absolute atomic E-state index is 11.8. The standard InChI is InChI=1S/C13H17ClN2O3/c1-8-4-5-9(14)10(6-8)15-12(19)16-13(2,3)7-11(17)18/h4-6H,7H2,1-3H3,(H,17,18)(H2,15,16,19). The minimum atomic E-state index is -0.973. The van der Waals surface area contributed by atoms with Crippen LogP contribution in [0.4, 0.5) is 10.5 Å². The van der Waals surface area contributed by atoms with Crippen LogP contribution in [-0.2, 0) is 4.79 Å². The van der Waals surface area contributed by atoms with Crippen LogP contribution in [0.3, 0.4) is 0 Å². The first-order valence-corrected chi connectivity index (χ1v) is 6.14. The second-order valence-corrected chi connectivity index (χ2v) is 5.42. The van der Waals surface area contributed by atoms with Crippen molar-refractivity contribution < 1.29 is 14.7 Å². The van der Waals surface area contributed by atoms with Crippen LogP contribution in [0.5, 0.6) is 0 Å². The lowest BCUT2D eigenvalue weighted by atomic mass is 10.0. The summed E-state index contributed by atoms with van der Waals surface area (Å²) in [7, 11) is 0. The molecule has 0 bridgehead atoms. The van der Waals surface area contributed by atoms with Gasteiger partial charge in [-0.25, -0.2) is 4.79 Å². The van der Waals surface area contributed by atoms with Gasteiger partial charge in [0, 0.05) is 5.54 Å². The van der Waals surface area contributed by atoms with E-state index in [2.05, 4.69) is 10.6 Å². The third kappa shape index (κ3) is 5.18. The molecule has 0 fully saturated rings. The molecule has 0 unspecified atom stereocenters. The molecule has 1 aromatic rings. The molecule has 0 aliphatic heterocycles. The van der Waals surface area contributed by atoms with Crippen LogP contribution in [0, 0.1) is 6.92 Å². The van der Waals surface area contributed by atoms with Crippen LogP contribution in [-0.4, -0.2) is 22.6 Å². The van der Waals surface area contributed by atoms with Gasteiger partial charge in [0.15, 0.2) is 0 Å². The van der Waals surface area contributed by atoms with Crippen LogP contribution in [0.1, 0.15) is 25.8 Å². The fourth-order valence-corrected chi connectivity index (χ4v) is 1.78. The van der Waals surface area contributed by atoms with Crippen molar-refractivity contribution in [2.45, 2.75) is 32.7 Å². The molecule has 5 nitrogen and oxygen atoms in total. The molecule has 0 saturated carbocycles. The lowest BCUT2D eigenvalue weighted by Gasteiger charge is -2.24. The van der Waals surface area contributed by atoms with Gasteiger partial charge in [-0.2, -0.15) is 0 Å². The summed E-state index contributed by atoms with van der Waals surface area (Å²) < 4.78 is 0. The minimum absolute atomic E-state index is 0.165. The Labute approximate surface area is 117 Å². The zero-order valence-corrected chi connectivity index (χ0v) is 11.8. The summed E-state index contributed by atoms with van der Waals surface area (Å²) >= 11 is 5.96. The highest BCUT2D eigenvalue weighted by atomic mass is 35.5. The Hall–Kier alpha value is -1.75. The summed E-state index contributed by atoms with van der Waals surface area (Å²) in [5, 5.41) is 14.4. The predicted octanol–water partition coefficient (Wildman–Crippen LogP) is 3.02. The number of anilines is 1. The van der Waals surface area contributed by atoms with E-state index in [1.165, 1.54) is 0 Å². The number of halogens is 1. The molecule has 0 spiro atoms. The number of aliphatic carboxylic acids is 1. The number of benzene rings is 1. The zero-order valence-electron chi connectivity index (χ0n) is 11.1. The number of amides is 2. The number of carbonyl (C=O) groups excluding carboxylic acids is 1. The largest absolute Gasteiger partial charge is 0.481 e. The Morgan fingerprint density at radius 1 is 1.37 bits per heavy atom. The van der Waals surface area contributed by atoms with Gasteiger partial charge in [0.05, 0.1) is 17.1 Å². The van der Waals surface area contributed by atoms with Gasteiger partial charge in [-0.05, 0) is 38.5 Å². The normalized spacial score (nSPS) is 10.9. The van der Waals surface area contributed by atoms with Gasteiger partial charge in [-0.3, -0.25) is 4.79 Å². The summed E-state index contributed by atoms with van der Waals surface area (Å²) in [5.41, 5.74) is 0.612. The number of hydrogen-bond donors (Lipinski definition) is 3. The van der Waals surface area contributed by atoms with E-state index >= 15 is 0 Å². The molecule has 1 rings (SSSR count).